The average molecular weight is 288 g/mol. The highest BCUT2D eigenvalue weighted by Gasteiger charge is 2.59. The Morgan fingerprint density at radius 1 is 1.19 bits per heavy atom. The van der Waals surface area contributed by atoms with Crippen LogP contribution in [0.1, 0.15) is 65.2 Å². The lowest BCUT2D eigenvalue weighted by atomic mass is 9.46. The summed E-state index contributed by atoms with van der Waals surface area (Å²) in [5, 5.41) is 11.0. The lowest BCUT2D eigenvalue weighted by Gasteiger charge is -2.59. The van der Waals surface area contributed by atoms with Crippen molar-refractivity contribution in [3.8, 4) is 0 Å². The van der Waals surface area contributed by atoms with Crippen LogP contribution in [0.4, 0.5) is 0 Å². The third kappa shape index (κ3) is 1.84. The van der Waals surface area contributed by atoms with Crippen molar-refractivity contribution in [3.05, 3.63) is 11.6 Å². The van der Waals surface area contributed by atoms with Crippen molar-refractivity contribution in [1.29, 1.82) is 0 Å². The van der Waals surface area contributed by atoms with Gasteiger partial charge in [-0.15, -0.1) is 0 Å². The van der Waals surface area contributed by atoms with Crippen LogP contribution in [-0.2, 0) is 4.79 Å². The summed E-state index contributed by atoms with van der Waals surface area (Å²) in [5.74, 6) is 2.18. The van der Waals surface area contributed by atoms with E-state index in [2.05, 4.69) is 13.8 Å². The minimum absolute atomic E-state index is 0.0835. The Bertz CT molecular complexity index is 508. The predicted octanol–water partition coefficient (Wildman–Crippen LogP) is 3.88. The van der Waals surface area contributed by atoms with Crippen molar-refractivity contribution in [2.45, 2.75) is 71.3 Å². The maximum Gasteiger partial charge on any atom is 0.155 e. The normalized spacial score (nSPS) is 52.7. The number of rotatable bonds is 0. The van der Waals surface area contributed by atoms with E-state index in [0.717, 1.165) is 25.2 Å². The molecule has 116 valence electrons. The first-order valence-electron chi connectivity index (χ1n) is 8.86. The van der Waals surface area contributed by atoms with E-state index in [1.807, 2.05) is 6.08 Å². The van der Waals surface area contributed by atoms with E-state index in [4.69, 9.17) is 0 Å². The molecule has 0 unspecified atom stereocenters. The summed E-state index contributed by atoms with van der Waals surface area (Å²) < 4.78 is 0. The number of ketones is 1. The van der Waals surface area contributed by atoms with Crippen LogP contribution in [-0.4, -0.2) is 17.0 Å². The second kappa shape index (κ2) is 4.44. The number of carbonyl (C=O) groups excluding carboxylic acids is 1. The van der Waals surface area contributed by atoms with E-state index in [9.17, 15) is 9.90 Å². The van der Waals surface area contributed by atoms with Gasteiger partial charge in [-0.25, -0.2) is 0 Å². The van der Waals surface area contributed by atoms with Gasteiger partial charge < -0.3 is 5.11 Å². The van der Waals surface area contributed by atoms with E-state index < -0.39 is 0 Å². The second-order valence-corrected chi connectivity index (χ2v) is 8.71. The monoisotopic (exact) mass is 288 g/mol. The lowest BCUT2D eigenvalue weighted by Crippen LogP contribution is -2.55. The van der Waals surface area contributed by atoms with E-state index in [0.29, 0.717) is 29.5 Å². The van der Waals surface area contributed by atoms with Gasteiger partial charge >= 0.3 is 0 Å². The highest BCUT2D eigenvalue weighted by molar-refractivity contribution is 5.91. The first-order valence-corrected chi connectivity index (χ1v) is 8.86. The Hall–Kier alpha value is -0.630. The molecule has 0 bridgehead atoms. The van der Waals surface area contributed by atoms with E-state index in [-0.39, 0.29) is 11.5 Å². The summed E-state index contributed by atoms with van der Waals surface area (Å²) in [6, 6.07) is 0. The third-order valence-electron chi connectivity index (χ3n) is 7.67. The summed E-state index contributed by atoms with van der Waals surface area (Å²) in [6.45, 7) is 4.76. The first kappa shape index (κ1) is 14.0. The predicted molar refractivity (Wildman–Crippen MR) is 82.7 cm³/mol. The molecule has 3 fully saturated rings. The van der Waals surface area contributed by atoms with Gasteiger partial charge in [-0.1, -0.05) is 25.8 Å². The molecule has 0 aromatic rings. The Morgan fingerprint density at radius 3 is 2.81 bits per heavy atom. The molecule has 21 heavy (non-hydrogen) atoms. The zero-order valence-electron chi connectivity index (χ0n) is 13.4. The van der Waals surface area contributed by atoms with Crippen molar-refractivity contribution < 1.29 is 9.90 Å². The van der Waals surface area contributed by atoms with Crippen molar-refractivity contribution >= 4 is 5.78 Å². The molecule has 0 aromatic heterocycles. The Labute approximate surface area is 128 Å². The van der Waals surface area contributed by atoms with Crippen LogP contribution < -0.4 is 0 Å². The highest BCUT2D eigenvalue weighted by atomic mass is 16.3. The fourth-order valence-electron chi connectivity index (χ4n) is 6.70. The molecular weight excluding hydrogens is 260 g/mol. The highest BCUT2D eigenvalue weighted by Crippen LogP contribution is 2.65. The van der Waals surface area contributed by atoms with Crippen LogP contribution in [0.3, 0.4) is 0 Å². The van der Waals surface area contributed by atoms with Gasteiger partial charge in [0, 0.05) is 6.42 Å². The molecule has 4 rings (SSSR count). The second-order valence-electron chi connectivity index (χ2n) is 8.71. The fraction of sp³-hybridized carbons (Fsp3) is 0.842. The van der Waals surface area contributed by atoms with Gasteiger partial charge in [-0.05, 0) is 73.2 Å². The summed E-state index contributed by atoms with van der Waals surface area (Å²) in [5.41, 5.74) is 1.81. The SMILES string of the molecule is C[C@@]12CCC[C@H]1[C@@H]1CCC3=CC(=O)CC[C@]3(C)[C@H]1[C@H](O)C2. The number of carbonyl (C=O) groups is 1. The minimum atomic E-state index is -0.170. The topological polar surface area (TPSA) is 37.3 Å². The molecule has 0 amide bonds. The van der Waals surface area contributed by atoms with Crippen molar-refractivity contribution in [1.82, 2.24) is 0 Å². The Kier molecular flexibility index (Phi) is 2.96. The summed E-state index contributed by atoms with van der Waals surface area (Å²) in [6.07, 6.45) is 10.7. The van der Waals surface area contributed by atoms with Gasteiger partial charge in [0.1, 0.15) is 0 Å². The van der Waals surface area contributed by atoms with Crippen molar-refractivity contribution in [2.75, 3.05) is 0 Å². The smallest absolute Gasteiger partial charge is 0.155 e. The molecule has 0 radical (unpaired) electrons. The molecule has 1 N–H and O–H groups in total. The molecule has 0 heterocycles. The standard InChI is InChI=1S/C19H28O2/c1-18-8-3-4-15(18)14-6-5-12-10-13(20)7-9-19(12,2)17(14)16(21)11-18/h10,14-17,21H,3-9,11H2,1-2H3/t14-,15-,16+,17+,18-,19-/m0/s1. The van der Waals surface area contributed by atoms with Crippen LogP contribution >= 0.6 is 0 Å². The maximum absolute atomic E-state index is 11.8. The summed E-state index contributed by atoms with van der Waals surface area (Å²) in [7, 11) is 0. The number of aliphatic hydroxyl groups is 1. The van der Waals surface area contributed by atoms with Gasteiger partial charge in [0.2, 0.25) is 0 Å². The summed E-state index contributed by atoms with van der Waals surface area (Å²) >= 11 is 0. The fourth-order valence-corrected chi connectivity index (χ4v) is 6.70. The first-order chi connectivity index (χ1) is 9.94. The van der Waals surface area contributed by atoms with Crippen molar-refractivity contribution in [3.63, 3.8) is 0 Å². The largest absolute Gasteiger partial charge is 0.393 e. The van der Waals surface area contributed by atoms with Gasteiger partial charge in [0.25, 0.3) is 0 Å². The lowest BCUT2D eigenvalue weighted by molar-refractivity contribution is -0.127. The number of fused-ring (bicyclic) bond motifs is 5. The number of allylic oxidation sites excluding steroid dienone is 1. The van der Waals surface area contributed by atoms with Gasteiger partial charge in [0.05, 0.1) is 6.10 Å². The van der Waals surface area contributed by atoms with E-state index >= 15 is 0 Å². The van der Waals surface area contributed by atoms with Crippen LogP contribution in [0.25, 0.3) is 0 Å². The quantitative estimate of drug-likeness (QED) is 0.734. The van der Waals surface area contributed by atoms with E-state index in [1.54, 1.807) is 0 Å². The van der Waals surface area contributed by atoms with Gasteiger partial charge in [0.15, 0.2) is 5.78 Å². The minimum Gasteiger partial charge on any atom is -0.393 e. The third-order valence-corrected chi connectivity index (χ3v) is 7.67. The van der Waals surface area contributed by atoms with Gasteiger partial charge in [-0.3, -0.25) is 4.79 Å². The molecule has 0 aliphatic heterocycles. The number of hydrogen-bond donors (Lipinski definition) is 1. The maximum atomic E-state index is 11.8. The molecule has 6 atom stereocenters. The molecule has 4 aliphatic rings. The van der Waals surface area contributed by atoms with Crippen LogP contribution in [0.15, 0.2) is 11.6 Å². The molecule has 3 saturated carbocycles. The molecule has 0 spiro atoms. The molecule has 0 saturated heterocycles. The van der Waals surface area contributed by atoms with Crippen LogP contribution in [0.5, 0.6) is 0 Å². The molecule has 2 heteroatoms. The molecule has 4 aliphatic carbocycles. The number of hydrogen-bond acceptors (Lipinski definition) is 2. The summed E-state index contributed by atoms with van der Waals surface area (Å²) in [4.78, 5) is 11.8. The van der Waals surface area contributed by atoms with Crippen molar-refractivity contribution in [2.24, 2.45) is 28.6 Å². The molecule has 2 nitrogen and oxygen atoms in total. The van der Waals surface area contributed by atoms with Gasteiger partial charge in [-0.2, -0.15) is 0 Å². The zero-order valence-corrected chi connectivity index (χ0v) is 13.4. The Balaban J connectivity index is 1.74. The number of aliphatic hydroxyl groups excluding tert-OH is 1. The zero-order chi connectivity index (χ0) is 14.8. The Morgan fingerprint density at radius 2 is 2.00 bits per heavy atom. The van der Waals surface area contributed by atoms with Crippen LogP contribution in [0, 0.1) is 28.6 Å². The molecular formula is C19H28O2. The average Bonchev–Trinajstić information content (AvgIpc) is 2.80. The van der Waals surface area contributed by atoms with Crippen LogP contribution in [0.2, 0.25) is 0 Å². The van der Waals surface area contributed by atoms with E-state index in [1.165, 1.54) is 31.3 Å². The molecule has 0 aromatic carbocycles.